The predicted molar refractivity (Wildman–Crippen MR) is 71.8 cm³/mol. The summed E-state index contributed by atoms with van der Waals surface area (Å²) in [6, 6.07) is 4.71. The zero-order chi connectivity index (χ0) is 12.4. The molecule has 0 bridgehead atoms. The second-order valence-electron chi connectivity index (χ2n) is 5.44. The van der Waals surface area contributed by atoms with Crippen molar-refractivity contribution in [2.24, 2.45) is 0 Å². The SMILES string of the molecule is CN1CCCC(c2ccc(NC3CNC3)nn2)C1. The predicted octanol–water partition coefficient (Wildman–Crippen LogP) is 0.669. The Labute approximate surface area is 108 Å². The molecule has 0 aromatic carbocycles. The second-order valence-corrected chi connectivity index (χ2v) is 5.44. The fourth-order valence-corrected chi connectivity index (χ4v) is 2.64. The van der Waals surface area contributed by atoms with Gasteiger partial charge in [-0.05, 0) is 38.6 Å². The zero-order valence-electron chi connectivity index (χ0n) is 10.9. The lowest BCUT2D eigenvalue weighted by atomic mass is 9.95. The topological polar surface area (TPSA) is 53.1 Å². The maximum atomic E-state index is 4.39. The number of hydrogen-bond acceptors (Lipinski definition) is 5. The van der Waals surface area contributed by atoms with Crippen LogP contribution in [0.25, 0.3) is 0 Å². The molecule has 1 unspecified atom stereocenters. The molecule has 2 N–H and O–H groups in total. The van der Waals surface area contributed by atoms with Crippen LogP contribution in [-0.2, 0) is 0 Å². The summed E-state index contributed by atoms with van der Waals surface area (Å²) < 4.78 is 0. The van der Waals surface area contributed by atoms with Crippen LogP contribution < -0.4 is 10.6 Å². The Hall–Kier alpha value is -1.20. The van der Waals surface area contributed by atoms with Gasteiger partial charge in [0, 0.05) is 25.6 Å². The van der Waals surface area contributed by atoms with Crippen LogP contribution in [0.4, 0.5) is 5.82 Å². The molecule has 3 heterocycles. The van der Waals surface area contributed by atoms with Gasteiger partial charge in [0.1, 0.15) is 5.82 Å². The van der Waals surface area contributed by atoms with E-state index in [9.17, 15) is 0 Å². The summed E-state index contributed by atoms with van der Waals surface area (Å²) in [6.45, 7) is 4.36. The zero-order valence-corrected chi connectivity index (χ0v) is 10.9. The molecule has 3 rings (SSSR count). The molecule has 0 saturated carbocycles. The van der Waals surface area contributed by atoms with Crippen molar-refractivity contribution < 1.29 is 0 Å². The second kappa shape index (κ2) is 5.20. The lowest BCUT2D eigenvalue weighted by Gasteiger charge is -2.29. The number of nitrogens with zero attached hydrogens (tertiary/aromatic N) is 3. The van der Waals surface area contributed by atoms with Crippen LogP contribution in [0, 0.1) is 0 Å². The molecule has 0 aliphatic carbocycles. The summed E-state index contributed by atoms with van der Waals surface area (Å²) in [5, 5.41) is 15.3. The molecular formula is C13H21N5. The van der Waals surface area contributed by atoms with Crippen molar-refractivity contribution >= 4 is 5.82 Å². The molecule has 2 fully saturated rings. The summed E-state index contributed by atoms with van der Waals surface area (Å²) in [4.78, 5) is 2.38. The maximum absolute atomic E-state index is 4.39. The first-order chi connectivity index (χ1) is 8.81. The number of aromatic nitrogens is 2. The highest BCUT2D eigenvalue weighted by molar-refractivity contribution is 5.35. The number of likely N-dealkylation sites (N-methyl/N-ethyl adjacent to an activating group) is 1. The molecule has 0 spiro atoms. The summed E-state index contributed by atoms with van der Waals surface area (Å²) in [5.74, 6) is 1.45. The normalized spacial score (nSPS) is 25.7. The largest absolute Gasteiger partial charge is 0.363 e. The summed E-state index contributed by atoms with van der Waals surface area (Å²) in [5.41, 5.74) is 1.14. The summed E-state index contributed by atoms with van der Waals surface area (Å²) in [6.07, 6.45) is 2.49. The van der Waals surface area contributed by atoms with Crippen LogP contribution in [-0.4, -0.2) is 54.4 Å². The van der Waals surface area contributed by atoms with E-state index in [-0.39, 0.29) is 0 Å². The van der Waals surface area contributed by atoms with E-state index in [0.29, 0.717) is 12.0 Å². The van der Waals surface area contributed by atoms with Crippen molar-refractivity contribution in [2.45, 2.75) is 24.8 Å². The first kappa shape index (κ1) is 11.9. The van der Waals surface area contributed by atoms with Gasteiger partial charge in [-0.25, -0.2) is 0 Å². The van der Waals surface area contributed by atoms with E-state index < -0.39 is 0 Å². The molecular weight excluding hydrogens is 226 g/mol. The highest BCUT2D eigenvalue weighted by Crippen LogP contribution is 2.24. The van der Waals surface area contributed by atoms with E-state index in [1.807, 2.05) is 0 Å². The van der Waals surface area contributed by atoms with Crippen molar-refractivity contribution in [3.8, 4) is 0 Å². The molecule has 1 atom stereocenters. The average Bonchev–Trinajstić information content (AvgIpc) is 2.35. The number of rotatable bonds is 3. The third kappa shape index (κ3) is 2.62. The quantitative estimate of drug-likeness (QED) is 0.822. The minimum atomic E-state index is 0.519. The van der Waals surface area contributed by atoms with E-state index in [1.165, 1.54) is 19.4 Å². The van der Waals surface area contributed by atoms with Crippen LogP contribution >= 0.6 is 0 Å². The minimum Gasteiger partial charge on any atom is -0.363 e. The average molecular weight is 247 g/mol. The molecule has 5 heteroatoms. The van der Waals surface area contributed by atoms with Crippen molar-refractivity contribution in [1.29, 1.82) is 0 Å². The van der Waals surface area contributed by atoms with Gasteiger partial charge in [-0.15, -0.1) is 5.10 Å². The monoisotopic (exact) mass is 247 g/mol. The Bertz CT molecular complexity index is 387. The third-order valence-electron chi connectivity index (χ3n) is 3.86. The molecule has 2 aliphatic rings. The maximum Gasteiger partial charge on any atom is 0.148 e. The molecule has 2 aliphatic heterocycles. The molecule has 98 valence electrons. The van der Waals surface area contributed by atoms with Gasteiger partial charge in [-0.1, -0.05) is 0 Å². The molecule has 0 radical (unpaired) electrons. The van der Waals surface area contributed by atoms with E-state index in [0.717, 1.165) is 31.1 Å². The lowest BCUT2D eigenvalue weighted by molar-refractivity contribution is 0.248. The smallest absolute Gasteiger partial charge is 0.148 e. The van der Waals surface area contributed by atoms with Gasteiger partial charge in [-0.2, -0.15) is 5.10 Å². The van der Waals surface area contributed by atoms with E-state index in [1.54, 1.807) is 0 Å². The van der Waals surface area contributed by atoms with Gasteiger partial charge in [-0.3, -0.25) is 0 Å². The number of hydrogen-bond donors (Lipinski definition) is 2. The number of nitrogens with one attached hydrogen (secondary N) is 2. The summed E-state index contributed by atoms with van der Waals surface area (Å²) in [7, 11) is 2.18. The van der Waals surface area contributed by atoms with Crippen molar-refractivity contribution in [3.05, 3.63) is 17.8 Å². The van der Waals surface area contributed by atoms with Gasteiger partial charge in [0.15, 0.2) is 0 Å². The van der Waals surface area contributed by atoms with Gasteiger partial charge in [0.25, 0.3) is 0 Å². The van der Waals surface area contributed by atoms with Crippen molar-refractivity contribution in [1.82, 2.24) is 20.4 Å². The van der Waals surface area contributed by atoms with Gasteiger partial charge in [0.05, 0.1) is 11.7 Å². The minimum absolute atomic E-state index is 0.519. The highest BCUT2D eigenvalue weighted by atomic mass is 15.2. The van der Waals surface area contributed by atoms with Gasteiger partial charge >= 0.3 is 0 Å². The Morgan fingerprint density at radius 2 is 2.22 bits per heavy atom. The molecule has 5 nitrogen and oxygen atoms in total. The fourth-order valence-electron chi connectivity index (χ4n) is 2.64. The Kier molecular flexibility index (Phi) is 3.43. The molecule has 0 amide bonds. The molecule has 1 aromatic heterocycles. The lowest BCUT2D eigenvalue weighted by Crippen LogP contribution is -2.51. The fraction of sp³-hybridized carbons (Fsp3) is 0.692. The van der Waals surface area contributed by atoms with Crippen LogP contribution in [0.5, 0.6) is 0 Å². The van der Waals surface area contributed by atoms with E-state index in [4.69, 9.17) is 0 Å². The van der Waals surface area contributed by atoms with Crippen LogP contribution in [0.3, 0.4) is 0 Å². The van der Waals surface area contributed by atoms with Crippen LogP contribution in [0.2, 0.25) is 0 Å². The first-order valence-electron chi connectivity index (χ1n) is 6.81. The van der Waals surface area contributed by atoms with Crippen LogP contribution in [0.15, 0.2) is 12.1 Å². The Morgan fingerprint density at radius 1 is 1.33 bits per heavy atom. The number of likely N-dealkylation sites (tertiary alicyclic amines) is 1. The van der Waals surface area contributed by atoms with Crippen molar-refractivity contribution in [2.75, 3.05) is 38.5 Å². The molecule has 1 aromatic rings. The standard InChI is InChI=1S/C13H21N5/c1-18-6-2-3-10(9-18)12-4-5-13(17-16-12)15-11-7-14-8-11/h4-5,10-11,14H,2-3,6-9H2,1H3,(H,15,17). The molecule has 2 saturated heterocycles. The first-order valence-corrected chi connectivity index (χ1v) is 6.81. The Balaban J connectivity index is 1.62. The third-order valence-corrected chi connectivity index (χ3v) is 3.86. The number of piperidine rings is 1. The molecule has 18 heavy (non-hydrogen) atoms. The van der Waals surface area contributed by atoms with E-state index in [2.05, 4.69) is 44.9 Å². The highest BCUT2D eigenvalue weighted by Gasteiger charge is 2.21. The van der Waals surface area contributed by atoms with Crippen molar-refractivity contribution in [3.63, 3.8) is 0 Å². The Morgan fingerprint density at radius 3 is 2.83 bits per heavy atom. The van der Waals surface area contributed by atoms with Gasteiger partial charge in [0.2, 0.25) is 0 Å². The van der Waals surface area contributed by atoms with Gasteiger partial charge < -0.3 is 15.5 Å². The van der Waals surface area contributed by atoms with E-state index >= 15 is 0 Å². The number of anilines is 1. The van der Waals surface area contributed by atoms with Crippen LogP contribution in [0.1, 0.15) is 24.5 Å². The summed E-state index contributed by atoms with van der Waals surface area (Å²) >= 11 is 0.